The molecule has 2 N–H and O–H groups in total. The molecule has 0 bridgehead atoms. The number of hydrogen-bond donors (Lipinski definition) is 2. The minimum Gasteiger partial charge on any atom is -0.374 e. The Kier molecular flexibility index (Phi) is 6.04. The standard InChI is InChI=1S/C12H15BrF2N2O/c1-2-3-4-16-12(18)7-17-11-6-9(14)8(13)5-10(11)15/h5-6,17H,2-4,7H2,1H3,(H,16,18). The molecule has 6 heteroatoms. The molecule has 1 aromatic rings. The molecule has 0 saturated heterocycles. The molecule has 0 heterocycles. The first-order valence-corrected chi connectivity index (χ1v) is 6.49. The summed E-state index contributed by atoms with van der Waals surface area (Å²) in [4.78, 5) is 11.4. The van der Waals surface area contributed by atoms with Gasteiger partial charge in [-0.05, 0) is 28.4 Å². The van der Waals surface area contributed by atoms with E-state index in [1.807, 2.05) is 6.92 Å². The normalized spacial score (nSPS) is 10.2. The summed E-state index contributed by atoms with van der Waals surface area (Å²) in [5, 5.41) is 5.23. The monoisotopic (exact) mass is 320 g/mol. The zero-order valence-corrected chi connectivity index (χ0v) is 11.6. The van der Waals surface area contributed by atoms with E-state index < -0.39 is 11.6 Å². The van der Waals surface area contributed by atoms with Crippen LogP contribution in [-0.2, 0) is 4.79 Å². The topological polar surface area (TPSA) is 41.1 Å². The van der Waals surface area contributed by atoms with Crippen LogP contribution in [0.25, 0.3) is 0 Å². The molecule has 1 aromatic carbocycles. The second-order valence-corrected chi connectivity index (χ2v) is 4.66. The average Bonchev–Trinajstić information content (AvgIpc) is 2.32. The summed E-state index contributed by atoms with van der Waals surface area (Å²) in [5.74, 6) is -1.43. The van der Waals surface area contributed by atoms with E-state index in [0.717, 1.165) is 25.0 Å². The van der Waals surface area contributed by atoms with Crippen molar-refractivity contribution < 1.29 is 13.6 Å². The van der Waals surface area contributed by atoms with E-state index in [1.54, 1.807) is 0 Å². The number of benzene rings is 1. The molecule has 0 aliphatic heterocycles. The van der Waals surface area contributed by atoms with E-state index in [4.69, 9.17) is 0 Å². The van der Waals surface area contributed by atoms with Gasteiger partial charge in [0, 0.05) is 12.6 Å². The SMILES string of the molecule is CCCCNC(=O)CNc1cc(F)c(Br)cc1F. The van der Waals surface area contributed by atoms with Gasteiger partial charge in [0.25, 0.3) is 0 Å². The van der Waals surface area contributed by atoms with E-state index in [1.165, 1.54) is 0 Å². The lowest BCUT2D eigenvalue weighted by Crippen LogP contribution is -2.30. The van der Waals surface area contributed by atoms with Crippen molar-refractivity contribution in [3.8, 4) is 0 Å². The van der Waals surface area contributed by atoms with Crippen molar-refractivity contribution in [2.75, 3.05) is 18.4 Å². The van der Waals surface area contributed by atoms with Crippen molar-refractivity contribution >= 4 is 27.5 Å². The largest absolute Gasteiger partial charge is 0.374 e. The minimum atomic E-state index is -0.607. The fourth-order valence-corrected chi connectivity index (χ4v) is 1.62. The van der Waals surface area contributed by atoms with Crippen LogP contribution < -0.4 is 10.6 Å². The lowest BCUT2D eigenvalue weighted by atomic mass is 10.3. The number of halogens is 3. The molecule has 3 nitrogen and oxygen atoms in total. The van der Waals surface area contributed by atoms with Crippen LogP contribution in [0.5, 0.6) is 0 Å². The number of anilines is 1. The number of carbonyl (C=O) groups is 1. The summed E-state index contributed by atoms with van der Waals surface area (Å²) in [6, 6.07) is 2.03. The number of nitrogens with one attached hydrogen (secondary N) is 2. The van der Waals surface area contributed by atoms with Crippen LogP contribution in [0.3, 0.4) is 0 Å². The third-order valence-corrected chi connectivity index (χ3v) is 2.91. The first-order chi connectivity index (χ1) is 8.54. The number of hydrogen-bond acceptors (Lipinski definition) is 2. The molecular weight excluding hydrogens is 306 g/mol. The molecule has 0 aliphatic carbocycles. The van der Waals surface area contributed by atoms with Crippen LogP contribution in [0, 0.1) is 11.6 Å². The van der Waals surface area contributed by atoms with E-state index in [9.17, 15) is 13.6 Å². The molecular formula is C12H15BrF2N2O. The van der Waals surface area contributed by atoms with Gasteiger partial charge in [0.1, 0.15) is 11.6 Å². The van der Waals surface area contributed by atoms with Gasteiger partial charge in [0.05, 0.1) is 16.7 Å². The molecule has 0 radical (unpaired) electrons. The summed E-state index contributed by atoms with van der Waals surface area (Å²) < 4.78 is 26.6. The van der Waals surface area contributed by atoms with Crippen LogP contribution in [-0.4, -0.2) is 19.0 Å². The van der Waals surface area contributed by atoms with Crippen LogP contribution in [0.4, 0.5) is 14.5 Å². The molecule has 18 heavy (non-hydrogen) atoms. The van der Waals surface area contributed by atoms with Gasteiger partial charge in [0.2, 0.25) is 5.91 Å². The maximum atomic E-state index is 13.4. The maximum Gasteiger partial charge on any atom is 0.239 e. The van der Waals surface area contributed by atoms with Crippen molar-refractivity contribution in [2.45, 2.75) is 19.8 Å². The number of rotatable bonds is 6. The Hall–Kier alpha value is -1.17. The first-order valence-electron chi connectivity index (χ1n) is 5.69. The van der Waals surface area contributed by atoms with Crippen molar-refractivity contribution in [3.63, 3.8) is 0 Å². The molecule has 100 valence electrons. The van der Waals surface area contributed by atoms with Gasteiger partial charge in [-0.15, -0.1) is 0 Å². The van der Waals surface area contributed by atoms with Gasteiger partial charge in [0.15, 0.2) is 0 Å². The van der Waals surface area contributed by atoms with Gasteiger partial charge < -0.3 is 10.6 Å². The van der Waals surface area contributed by atoms with Crippen molar-refractivity contribution in [3.05, 3.63) is 28.2 Å². The highest BCUT2D eigenvalue weighted by Crippen LogP contribution is 2.22. The summed E-state index contributed by atoms with van der Waals surface area (Å²) >= 11 is 2.88. The smallest absolute Gasteiger partial charge is 0.239 e. The maximum absolute atomic E-state index is 13.4. The Morgan fingerprint density at radius 2 is 2.06 bits per heavy atom. The molecule has 0 saturated carbocycles. The quantitative estimate of drug-likeness (QED) is 0.625. The Morgan fingerprint density at radius 1 is 1.33 bits per heavy atom. The van der Waals surface area contributed by atoms with Crippen LogP contribution in [0.15, 0.2) is 16.6 Å². The highest BCUT2D eigenvalue weighted by molar-refractivity contribution is 9.10. The zero-order valence-electron chi connectivity index (χ0n) is 10.0. The fraction of sp³-hybridized carbons (Fsp3) is 0.417. The van der Waals surface area contributed by atoms with Crippen LogP contribution >= 0.6 is 15.9 Å². The van der Waals surface area contributed by atoms with E-state index in [-0.39, 0.29) is 22.6 Å². The van der Waals surface area contributed by atoms with Gasteiger partial charge in [-0.1, -0.05) is 13.3 Å². The third kappa shape index (κ3) is 4.60. The van der Waals surface area contributed by atoms with Gasteiger partial charge in [-0.25, -0.2) is 8.78 Å². The van der Waals surface area contributed by atoms with Gasteiger partial charge in [-0.2, -0.15) is 0 Å². The lowest BCUT2D eigenvalue weighted by molar-refractivity contribution is -0.119. The Bertz CT molecular complexity index is 427. The van der Waals surface area contributed by atoms with Crippen LogP contribution in [0.2, 0.25) is 0 Å². The van der Waals surface area contributed by atoms with E-state index >= 15 is 0 Å². The van der Waals surface area contributed by atoms with Crippen molar-refractivity contribution in [2.24, 2.45) is 0 Å². The minimum absolute atomic E-state index is 0.0265. The van der Waals surface area contributed by atoms with Crippen molar-refractivity contribution in [1.82, 2.24) is 5.32 Å². The molecule has 0 spiro atoms. The highest BCUT2D eigenvalue weighted by Gasteiger charge is 2.09. The zero-order chi connectivity index (χ0) is 13.5. The second-order valence-electron chi connectivity index (χ2n) is 3.80. The Morgan fingerprint density at radius 3 is 2.72 bits per heavy atom. The Labute approximate surface area is 113 Å². The molecule has 1 rings (SSSR count). The van der Waals surface area contributed by atoms with E-state index in [0.29, 0.717) is 6.54 Å². The molecule has 0 aliphatic rings. The van der Waals surface area contributed by atoms with E-state index in [2.05, 4.69) is 26.6 Å². The average molecular weight is 321 g/mol. The summed E-state index contributed by atoms with van der Waals surface area (Å²) in [6.45, 7) is 2.53. The van der Waals surface area contributed by atoms with Gasteiger partial charge in [-0.3, -0.25) is 4.79 Å². The first kappa shape index (κ1) is 14.9. The third-order valence-electron chi connectivity index (χ3n) is 2.30. The molecule has 0 unspecified atom stereocenters. The molecule has 0 aromatic heterocycles. The number of amides is 1. The molecule has 0 fully saturated rings. The summed E-state index contributed by atoms with van der Waals surface area (Å²) in [5.41, 5.74) is -0.0265. The summed E-state index contributed by atoms with van der Waals surface area (Å²) in [7, 11) is 0. The lowest BCUT2D eigenvalue weighted by Gasteiger charge is -2.09. The Balaban J connectivity index is 2.48. The number of carbonyl (C=O) groups excluding carboxylic acids is 1. The predicted octanol–water partition coefficient (Wildman–Crippen LogP) is 3.06. The van der Waals surface area contributed by atoms with Crippen LogP contribution in [0.1, 0.15) is 19.8 Å². The van der Waals surface area contributed by atoms with Crippen molar-refractivity contribution in [1.29, 1.82) is 0 Å². The number of unbranched alkanes of at least 4 members (excludes halogenated alkanes) is 1. The second kappa shape index (κ2) is 7.31. The molecule has 1 amide bonds. The fourth-order valence-electron chi connectivity index (χ4n) is 1.30. The predicted molar refractivity (Wildman–Crippen MR) is 70.5 cm³/mol. The summed E-state index contributed by atoms with van der Waals surface area (Å²) in [6.07, 6.45) is 1.88. The highest BCUT2D eigenvalue weighted by atomic mass is 79.9. The van der Waals surface area contributed by atoms with Gasteiger partial charge >= 0.3 is 0 Å². The molecule has 0 atom stereocenters.